The number of carbonyl (C=O) groups is 2. The Morgan fingerprint density at radius 2 is 1.31 bits per heavy atom. The molecule has 0 atom stereocenters. The van der Waals surface area contributed by atoms with Gasteiger partial charge in [0.25, 0.3) is 0 Å². The summed E-state index contributed by atoms with van der Waals surface area (Å²) in [5.74, 6) is -2.62. The zero-order chi connectivity index (χ0) is 26.3. The maximum absolute atomic E-state index is 13.0. The molecule has 3 rings (SSSR count). The SMILES string of the molecule is CCCCc1c(C(C)(C)C)cc2c(c1CCCC)C(C(=O)O)(C(=O)O)c1ccc(C(C)(C)C)cc1-2. The molecule has 2 aromatic rings. The van der Waals surface area contributed by atoms with Gasteiger partial charge in [-0.15, -0.1) is 0 Å². The number of aliphatic carboxylic acids is 2. The van der Waals surface area contributed by atoms with Crippen molar-refractivity contribution >= 4 is 11.9 Å². The molecule has 0 aliphatic heterocycles. The smallest absolute Gasteiger partial charge is 0.330 e. The van der Waals surface area contributed by atoms with Gasteiger partial charge in [-0.2, -0.15) is 0 Å². The molecule has 190 valence electrons. The predicted octanol–water partition coefficient (Wildman–Crippen LogP) is 7.40. The Labute approximate surface area is 210 Å². The van der Waals surface area contributed by atoms with Crippen LogP contribution in [0.15, 0.2) is 24.3 Å². The molecule has 4 nitrogen and oxygen atoms in total. The number of carboxylic acids is 2. The van der Waals surface area contributed by atoms with Crippen molar-refractivity contribution in [1.29, 1.82) is 0 Å². The summed E-state index contributed by atoms with van der Waals surface area (Å²) in [4.78, 5) is 26.0. The maximum Gasteiger partial charge on any atom is 0.330 e. The fourth-order valence-electron chi connectivity index (χ4n) is 5.59. The minimum absolute atomic E-state index is 0.147. The zero-order valence-corrected chi connectivity index (χ0v) is 22.8. The van der Waals surface area contributed by atoms with Crippen molar-refractivity contribution in [2.75, 3.05) is 0 Å². The quantitative estimate of drug-likeness (QED) is 0.388. The largest absolute Gasteiger partial charge is 0.480 e. The van der Waals surface area contributed by atoms with Gasteiger partial charge in [-0.1, -0.05) is 86.4 Å². The average molecular weight is 479 g/mol. The van der Waals surface area contributed by atoms with Crippen LogP contribution in [0.3, 0.4) is 0 Å². The van der Waals surface area contributed by atoms with Crippen molar-refractivity contribution in [2.45, 2.75) is 110 Å². The van der Waals surface area contributed by atoms with Crippen LogP contribution >= 0.6 is 0 Å². The number of hydrogen-bond donors (Lipinski definition) is 2. The molecule has 0 heterocycles. The molecule has 35 heavy (non-hydrogen) atoms. The van der Waals surface area contributed by atoms with Gasteiger partial charge in [-0.25, -0.2) is 0 Å². The van der Waals surface area contributed by atoms with E-state index in [1.54, 1.807) is 6.07 Å². The van der Waals surface area contributed by atoms with Gasteiger partial charge in [0.05, 0.1) is 0 Å². The first kappa shape index (κ1) is 27.0. The van der Waals surface area contributed by atoms with Gasteiger partial charge < -0.3 is 10.2 Å². The van der Waals surface area contributed by atoms with E-state index < -0.39 is 17.4 Å². The molecular formula is C31H42O4. The highest BCUT2D eigenvalue weighted by molar-refractivity contribution is 6.15. The summed E-state index contributed by atoms with van der Waals surface area (Å²) in [6.45, 7) is 17.2. The monoisotopic (exact) mass is 478 g/mol. The lowest BCUT2D eigenvalue weighted by Gasteiger charge is -2.31. The van der Waals surface area contributed by atoms with Crippen LogP contribution < -0.4 is 0 Å². The van der Waals surface area contributed by atoms with E-state index in [2.05, 4.69) is 61.5 Å². The topological polar surface area (TPSA) is 74.6 Å². The van der Waals surface area contributed by atoms with Crippen molar-refractivity contribution in [2.24, 2.45) is 0 Å². The molecule has 0 radical (unpaired) electrons. The number of benzene rings is 2. The second-order valence-corrected chi connectivity index (χ2v) is 12.1. The average Bonchev–Trinajstić information content (AvgIpc) is 3.05. The number of rotatable bonds is 8. The van der Waals surface area contributed by atoms with E-state index in [-0.39, 0.29) is 10.8 Å². The number of fused-ring (bicyclic) bond motifs is 3. The maximum atomic E-state index is 13.0. The first-order valence-electron chi connectivity index (χ1n) is 13.0. The Bertz CT molecular complexity index is 1130. The van der Waals surface area contributed by atoms with Crippen LogP contribution in [0.5, 0.6) is 0 Å². The van der Waals surface area contributed by atoms with Gasteiger partial charge in [-0.3, -0.25) is 9.59 Å². The summed E-state index contributed by atoms with van der Waals surface area (Å²) in [7, 11) is 0. The Kier molecular flexibility index (Phi) is 7.28. The summed E-state index contributed by atoms with van der Waals surface area (Å²) < 4.78 is 0. The van der Waals surface area contributed by atoms with E-state index in [1.165, 1.54) is 5.56 Å². The standard InChI is InChI=1S/C31H42O4/c1-9-11-13-20-21(14-12-10-2)26-23(18-25(20)30(6,7)8)22-17-19(29(3,4)5)15-16-24(22)31(26,27(32)33)28(34)35/h15-18H,9-14H2,1-8H3,(H,32,33)(H,34,35). The third-order valence-electron chi connectivity index (χ3n) is 7.51. The fourth-order valence-corrected chi connectivity index (χ4v) is 5.59. The molecule has 2 aromatic carbocycles. The zero-order valence-electron chi connectivity index (χ0n) is 22.8. The Morgan fingerprint density at radius 3 is 1.77 bits per heavy atom. The normalized spacial score (nSPS) is 14.5. The van der Waals surface area contributed by atoms with E-state index in [0.29, 0.717) is 17.5 Å². The van der Waals surface area contributed by atoms with Crippen molar-refractivity contribution in [3.8, 4) is 11.1 Å². The van der Waals surface area contributed by atoms with Crippen LogP contribution in [0.4, 0.5) is 0 Å². The highest BCUT2D eigenvalue weighted by atomic mass is 16.4. The van der Waals surface area contributed by atoms with Gasteiger partial charge in [0.2, 0.25) is 5.41 Å². The number of unbranched alkanes of at least 4 members (excludes halogenated alkanes) is 2. The third kappa shape index (κ3) is 4.41. The second kappa shape index (κ2) is 9.44. The third-order valence-corrected chi connectivity index (χ3v) is 7.51. The molecular weight excluding hydrogens is 436 g/mol. The van der Waals surface area contributed by atoms with Crippen LogP contribution in [0.2, 0.25) is 0 Å². The minimum Gasteiger partial charge on any atom is -0.480 e. The fraction of sp³-hybridized carbons (Fsp3) is 0.548. The van der Waals surface area contributed by atoms with Crippen LogP contribution in [0, 0.1) is 0 Å². The first-order chi connectivity index (χ1) is 16.2. The number of hydrogen-bond acceptors (Lipinski definition) is 2. The summed E-state index contributed by atoms with van der Waals surface area (Å²) in [6, 6.07) is 7.81. The molecule has 0 aromatic heterocycles. The summed E-state index contributed by atoms with van der Waals surface area (Å²) >= 11 is 0. The van der Waals surface area contributed by atoms with Gasteiger partial charge >= 0.3 is 11.9 Å². The summed E-state index contributed by atoms with van der Waals surface area (Å²) in [6.07, 6.45) is 5.36. The predicted molar refractivity (Wildman–Crippen MR) is 143 cm³/mol. The Hall–Kier alpha value is -2.62. The van der Waals surface area contributed by atoms with Crippen LogP contribution in [0.1, 0.15) is 114 Å². The Morgan fingerprint density at radius 1 is 0.771 bits per heavy atom. The first-order valence-corrected chi connectivity index (χ1v) is 13.0. The summed E-state index contributed by atoms with van der Waals surface area (Å²) in [5, 5.41) is 21.2. The van der Waals surface area contributed by atoms with Crippen molar-refractivity contribution in [3.63, 3.8) is 0 Å². The van der Waals surface area contributed by atoms with Gasteiger partial charge in [0, 0.05) is 0 Å². The molecule has 0 saturated heterocycles. The van der Waals surface area contributed by atoms with Crippen molar-refractivity contribution < 1.29 is 19.8 Å². The lowest BCUT2D eigenvalue weighted by Crippen LogP contribution is -2.44. The molecule has 0 amide bonds. The van der Waals surface area contributed by atoms with E-state index in [4.69, 9.17) is 0 Å². The second-order valence-electron chi connectivity index (χ2n) is 12.1. The highest BCUT2D eigenvalue weighted by Crippen LogP contribution is 2.54. The minimum atomic E-state index is -2.10. The van der Waals surface area contributed by atoms with Crippen molar-refractivity contribution in [1.82, 2.24) is 0 Å². The molecule has 4 heteroatoms. The van der Waals surface area contributed by atoms with E-state index >= 15 is 0 Å². The molecule has 1 aliphatic rings. The van der Waals surface area contributed by atoms with E-state index in [1.807, 2.05) is 12.1 Å². The molecule has 2 N–H and O–H groups in total. The summed E-state index contributed by atoms with van der Waals surface area (Å²) in [5.41, 5.74) is 4.38. The van der Waals surface area contributed by atoms with Gasteiger partial charge in [-0.05, 0) is 87.1 Å². The van der Waals surface area contributed by atoms with Crippen molar-refractivity contribution in [3.05, 3.63) is 57.6 Å². The van der Waals surface area contributed by atoms with Gasteiger partial charge in [0.15, 0.2) is 0 Å². The Balaban J connectivity index is 2.58. The van der Waals surface area contributed by atoms with Crippen LogP contribution in [0.25, 0.3) is 11.1 Å². The lowest BCUT2D eigenvalue weighted by atomic mass is 9.71. The van der Waals surface area contributed by atoms with E-state index in [0.717, 1.165) is 59.9 Å². The number of carboxylic acid groups (broad SMARTS) is 2. The van der Waals surface area contributed by atoms with Gasteiger partial charge in [0.1, 0.15) is 0 Å². The molecule has 0 saturated carbocycles. The lowest BCUT2D eigenvalue weighted by molar-refractivity contribution is -0.155. The molecule has 0 fully saturated rings. The molecule has 0 spiro atoms. The molecule has 0 bridgehead atoms. The molecule has 0 unspecified atom stereocenters. The van der Waals surface area contributed by atoms with E-state index in [9.17, 15) is 19.8 Å². The van der Waals surface area contributed by atoms with Crippen LogP contribution in [-0.2, 0) is 38.7 Å². The van der Waals surface area contributed by atoms with Crippen LogP contribution in [-0.4, -0.2) is 22.2 Å². The molecule has 1 aliphatic carbocycles. The highest BCUT2D eigenvalue weighted by Gasteiger charge is 2.58.